The molecule has 1 amide bonds. The highest BCUT2D eigenvalue weighted by Gasteiger charge is 2.57. The monoisotopic (exact) mass is 479 g/mol. The zero-order valence-electron chi connectivity index (χ0n) is 21.6. The Bertz CT molecular complexity index is 1110. The van der Waals surface area contributed by atoms with Crippen LogP contribution in [0.15, 0.2) is 41.6 Å². The lowest BCUT2D eigenvalue weighted by atomic mass is 9.52. The lowest BCUT2D eigenvalue weighted by Crippen LogP contribution is -2.55. The molecule has 5 atom stereocenters. The molecular formula is C29H37NO5. The number of piperidine rings is 1. The number of methoxy groups -OCH3 is 3. The molecule has 2 saturated carbocycles. The van der Waals surface area contributed by atoms with E-state index in [0.717, 1.165) is 17.7 Å². The molecule has 1 unspecified atom stereocenters. The molecule has 1 aliphatic heterocycles. The van der Waals surface area contributed by atoms with Gasteiger partial charge in [-0.05, 0) is 67.6 Å². The summed E-state index contributed by atoms with van der Waals surface area (Å²) in [5, 5.41) is 0. The van der Waals surface area contributed by atoms with Crippen LogP contribution in [0.2, 0.25) is 0 Å². The Kier molecular flexibility index (Phi) is 5.97. The third-order valence-electron chi connectivity index (χ3n) is 9.47. The van der Waals surface area contributed by atoms with Crippen LogP contribution in [0.4, 0.5) is 0 Å². The van der Waals surface area contributed by atoms with Crippen molar-refractivity contribution in [1.29, 1.82) is 0 Å². The first-order valence-corrected chi connectivity index (χ1v) is 12.8. The summed E-state index contributed by atoms with van der Waals surface area (Å²) in [7, 11) is 4.61. The third kappa shape index (κ3) is 3.68. The molecule has 0 bridgehead atoms. The van der Waals surface area contributed by atoms with E-state index in [-0.39, 0.29) is 11.3 Å². The maximum absolute atomic E-state index is 13.7. The van der Waals surface area contributed by atoms with Crippen LogP contribution >= 0.6 is 0 Å². The van der Waals surface area contributed by atoms with Crippen LogP contribution in [0.1, 0.15) is 57.9 Å². The predicted octanol–water partition coefficient (Wildman–Crippen LogP) is 5.27. The summed E-state index contributed by atoms with van der Waals surface area (Å²) < 4.78 is 16.1. The van der Waals surface area contributed by atoms with Gasteiger partial charge >= 0.3 is 5.97 Å². The van der Waals surface area contributed by atoms with Crippen LogP contribution in [0.5, 0.6) is 11.5 Å². The molecule has 35 heavy (non-hydrogen) atoms. The number of allylic oxidation sites excluding steroid dienone is 4. The molecule has 6 heteroatoms. The molecule has 3 fully saturated rings. The number of carbonyl (C=O) groups is 2. The normalized spacial score (nSPS) is 33.7. The molecule has 188 valence electrons. The zero-order valence-corrected chi connectivity index (χ0v) is 21.6. The van der Waals surface area contributed by atoms with Gasteiger partial charge in [0.1, 0.15) is 17.4 Å². The fourth-order valence-electron chi connectivity index (χ4n) is 7.55. The van der Waals surface area contributed by atoms with Crippen LogP contribution < -0.4 is 9.47 Å². The second kappa shape index (κ2) is 8.72. The number of nitrogens with zero attached hydrogens (tertiary/aromatic N) is 1. The first-order valence-electron chi connectivity index (χ1n) is 12.8. The standard InChI is InChI=1S/C29H37NO5/c1-28-13-6-7-22(28)20-10-11-25-29(2,23(20)12-14-28)16-21(27(32)35-5)26(31)30(25)17-18-8-9-19(33-3)15-24(18)34-4/h8-11,15,21-23H,6-7,12-14,16-17H2,1-5H3/t21?,22-,23+,28-,29+/m0/s1. The van der Waals surface area contributed by atoms with Gasteiger partial charge in [0.25, 0.3) is 0 Å². The second-order valence-electron chi connectivity index (χ2n) is 11.2. The molecule has 0 N–H and O–H groups in total. The molecule has 1 aromatic carbocycles. The van der Waals surface area contributed by atoms with E-state index in [1.165, 1.54) is 38.4 Å². The van der Waals surface area contributed by atoms with Crippen LogP contribution in [-0.2, 0) is 20.9 Å². The van der Waals surface area contributed by atoms with Gasteiger partial charge in [-0.15, -0.1) is 0 Å². The average molecular weight is 480 g/mol. The van der Waals surface area contributed by atoms with E-state index < -0.39 is 11.9 Å². The maximum Gasteiger partial charge on any atom is 0.318 e. The quantitative estimate of drug-likeness (QED) is 0.425. The van der Waals surface area contributed by atoms with E-state index in [4.69, 9.17) is 14.2 Å². The summed E-state index contributed by atoms with van der Waals surface area (Å²) in [6.45, 7) is 5.04. The highest BCUT2D eigenvalue weighted by Crippen LogP contribution is 2.63. The molecule has 1 aromatic rings. The van der Waals surface area contributed by atoms with Gasteiger partial charge in [-0.3, -0.25) is 9.59 Å². The number of likely N-dealkylation sites (tertiary alicyclic amines) is 1. The largest absolute Gasteiger partial charge is 0.497 e. The van der Waals surface area contributed by atoms with E-state index in [1.54, 1.807) is 14.2 Å². The molecule has 6 nitrogen and oxygen atoms in total. The number of amides is 1. The van der Waals surface area contributed by atoms with Gasteiger partial charge in [0.2, 0.25) is 5.91 Å². The maximum atomic E-state index is 13.7. The zero-order chi connectivity index (χ0) is 25.0. The molecule has 3 aliphatic carbocycles. The minimum Gasteiger partial charge on any atom is -0.497 e. The van der Waals surface area contributed by atoms with Gasteiger partial charge in [0.15, 0.2) is 0 Å². The SMILES string of the molecule is COC(=O)C1C[C@@]2(C)C(=CC=C3[C@H]2CC[C@]2(C)CCC[C@@H]32)N(Cc2ccc(OC)cc2OC)C1=O. The fourth-order valence-corrected chi connectivity index (χ4v) is 7.55. The Morgan fingerprint density at radius 1 is 1.06 bits per heavy atom. The van der Waals surface area contributed by atoms with E-state index in [2.05, 4.69) is 26.0 Å². The van der Waals surface area contributed by atoms with Gasteiger partial charge in [-0.2, -0.15) is 0 Å². The number of ether oxygens (including phenoxy) is 3. The number of hydrogen-bond acceptors (Lipinski definition) is 5. The van der Waals surface area contributed by atoms with Gasteiger partial charge in [0, 0.05) is 22.7 Å². The smallest absolute Gasteiger partial charge is 0.318 e. The Morgan fingerprint density at radius 2 is 1.86 bits per heavy atom. The molecule has 0 aromatic heterocycles. The van der Waals surface area contributed by atoms with Crippen molar-refractivity contribution in [2.75, 3.05) is 21.3 Å². The van der Waals surface area contributed by atoms with Crippen molar-refractivity contribution in [3.63, 3.8) is 0 Å². The van der Waals surface area contributed by atoms with Crippen molar-refractivity contribution in [2.45, 2.75) is 58.9 Å². The predicted molar refractivity (Wildman–Crippen MR) is 133 cm³/mol. The van der Waals surface area contributed by atoms with Crippen molar-refractivity contribution in [3.05, 3.63) is 47.2 Å². The van der Waals surface area contributed by atoms with Crippen LogP contribution in [0.25, 0.3) is 0 Å². The third-order valence-corrected chi connectivity index (χ3v) is 9.47. The summed E-state index contributed by atoms with van der Waals surface area (Å²) >= 11 is 0. The van der Waals surface area contributed by atoms with Crippen molar-refractivity contribution in [3.8, 4) is 11.5 Å². The first-order chi connectivity index (χ1) is 16.8. The summed E-state index contributed by atoms with van der Waals surface area (Å²) in [6, 6.07) is 5.63. The molecular weight excluding hydrogens is 442 g/mol. The molecule has 1 saturated heterocycles. The highest BCUT2D eigenvalue weighted by molar-refractivity contribution is 5.99. The number of rotatable bonds is 5. The summed E-state index contributed by atoms with van der Waals surface area (Å²) in [5.74, 6) is 0.837. The van der Waals surface area contributed by atoms with Gasteiger partial charge < -0.3 is 19.1 Å². The average Bonchev–Trinajstić information content (AvgIpc) is 3.27. The molecule has 5 rings (SSSR count). The van der Waals surface area contributed by atoms with Crippen molar-refractivity contribution >= 4 is 11.9 Å². The molecule has 4 aliphatic rings. The Hall–Kier alpha value is -2.76. The fraction of sp³-hybridized carbons (Fsp3) is 0.586. The van der Waals surface area contributed by atoms with E-state index in [0.29, 0.717) is 41.7 Å². The Morgan fingerprint density at radius 3 is 2.57 bits per heavy atom. The van der Waals surface area contributed by atoms with E-state index >= 15 is 0 Å². The minimum atomic E-state index is -0.803. The van der Waals surface area contributed by atoms with Crippen molar-refractivity contribution in [2.24, 2.45) is 28.6 Å². The van der Waals surface area contributed by atoms with E-state index in [1.807, 2.05) is 23.1 Å². The summed E-state index contributed by atoms with van der Waals surface area (Å²) in [6.07, 6.45) is 11.1. The number of esters is 1. The summed E-state index contributed by atoms with van der Waals surface area (Å²) in [4.78, 5) is 28.4. The molecule has 0 spiro atoms. The summed E-state index contributed by atoms with van der Waals surface area (Å²) in [5.41, 5.74) is 3.49. The van der Waals surface area contributed by atoms with Crippen LogP contribution in [0.3, 0.4) is 0 Å². The van der Waals surface area contributed by atoms with Crippen LogP contribution in [-0.4, -0.2) is 38.1 Å². The van der Waals surface area contributed by atoms with Gasteiger partial charge in [-0.25, -0.2) is 0 Å². The lowest BCUT2D eigenvalue weighted by Gasteiger charge is -2.56. The highest BCUT2D eigenvalue weighted by atomic mass is 16.5. The molecule has 1 heterocycles. The lowest BCUT2D eigenvalue weighted by molar-refractivity contribution is -0.159. The van der Waals surface area contributed by atoms with Crippen molar-refractivity contribution < 1.29 is 23.8 Å². The molecule has 0 radical (unpaired) electrons. The number of hydrogen-bond donors (Lipinski definition) is 0. The Balaban J connectivity index is 1.58. The van der Waals surface area contributed by atoms with Crippen LogP contribution in [0, 0.1) is 28.6 Å². The number of carbonyl (C=O) groups excluding carboxylic acids is 2. The van der Waals surface area contributed by atoms with Crippen molar-refractivity contribution in [1.82, 2.24) is 4.90 Å². The van der Waals surface area contributed by atoms with Gasteiger partial charge in [0.05, 0.1) is 27.9 Å². The topological polar surface area (TPSA) is 65.1 Å². The first kappa shape index (κ1) is 24.0. The number of fused-ring (bicyclic) bond motifs is 5. The van der Waals surface area contributed by atoms with E-state index in [9.17, 15) is 9.59 Å². The Labute approximate surface area is 208 Å². The number of benzene rings is 1. The minimum absolute atomic E-state index is 0.197. The second-order valence-corrected chi connectivity index (χ2v) is 11.2. The van der Waals surface area contributed by atoms with Gasteiger partial charge in [-0.1, -0.05) is 31.9 Å².